The molecule has 0 aromatic carbocycles. The molecule has 14 heavy (non-hydrogen) atoms. The predicted molar refractivity (Wildman–Crippen MR) is 56.7 cm³/mol. The Morgan fingerprint density at radius 1 is 1.64 bits per heavy atom. The first-order chi connectivity index (χ1) is 6.69. The summed E-state index contributed by atoms with van der Waals surface area (Å²) in [6.07, 6.45) is 2.44. The highest BCUT2D eigenvalue weighted by atomic mass is 32.1. The van der Waals surface area contributed by atoms with Crippen LogP contribution < -0.4 is 0 Å². The number of aromatic nitrogens is 1. The van der Waals surface area contributed by atoms with Gasteiger partial charge in [-0.2, -0.15) is 0 Å². The van der Waals surface area contributed by atoms with Crippen LogP contribution in [0, 0.1) is 5.92 Å². The van der Waals surface area contributed by atoms with Gasteiger partial charge in [-0.1, -0.05) is 13.8 Å². The second-order valence-electron chi connectivity index (χ2n) is 3.34. The number of thiazole rings is 1. The van der Waals surface area contributed by atoms with Gasteiger partial charge in [-0.3, -0.25) is 4.79 Å². The molecule has 1 rings (SSSR count). The van der Waals surface area contributed by atoms with Crippen molar-refractivity contribution in [3.8, 4) is 0 Å². The van der Waals surface area contributed by atoms with Crippen molar-refractivity contribution in [2.45, 2.75) is 26.9 Å². The SMILES string of the molecule is CCOC(c1ncc(C=O)s1)C(C)C. The molecule has 3 nitrogen and oxygen atoms in total. The van der Waals surface area contributed by atoms with Gasteiger partial charge in [0.25, 0.3) is 0 Å². The fourth-order valence-corrected chi connectivity index (χ4v) is 2.17. The summed E-state index contributed by atoms with van der Waals surface area (Å²) in [5.74, 6) is 0.376. The van der Waals surface area contributed by atoms with E-state index >= 15 is 0 Å². The van der Waals surface area contributed by atoms with E-state index in [9.17, 15) is 4.79 Å². The fourth-order valence-electron chi connectivity index (χ4n) is 1.22. The van der Waals surface area contributed by atoms with Gasteiger partial charge in [0.2, 0.25) is 0 Å². The fraction of sp³-hybridized carbons (Fsp3) is 0.600. The van der Waals surface area contributed by atoms with Crippen LogP contribution in [0.15, 0.2) is 6.20 Å². The molecule has 1 heterocycles. The summed E-state index contributed by atoms with van der Waals surface area (Å²) < 4.78 is 5.58. The highest BCUT2D eigenvalue weighted by molar-refractivity contribution is 7.13. The second kappa shape index (κ2) is 5.22. The molecule has 0 N–H and O–H groups in total. The molecule has 0 saturated heterocycles. The number of aldehydes is 1. The van der Waals surface area contributed by atoms with Crippen molar-refractivity contribution in [2.24, 2.45) is 5.92 Å². The van der Waals surface area contributed by atoms with Crippen molar-refractivity contribution >= 4 is 17.6 Å². The topological polar surface area (TPSA) is 39.2 Å². The minimum absolute atomic E-state index is 0.0127. The van der Waals surface area contributed by atoms with E-state index in [1.54, 1.807) is 6.20 Å². The lowest BCUT2D eigenvalue weighted by Crippen LogP contribution is -2.10. The quantitative estimate of drug-likeness (QED) is 0.706. The number of carbonyl (C=O) groups is 1. The maximum absolute atomic E-state index is 10.5. The Morgan fingerprint density at radius 2 is 2.36 bits per heavy atom. The van der Waals surface area contributed by atoms with Crippen LogP contribution >= 0.6 is 11.3 Å². The molecule has 1 aromatic heterocycles. The van der Waals surface area contributed by atoms with E-state index < -0.39 is 0 Å². The standard InChI is InChI=1S/C10H15NO2S/c1-4-13-9(7(2)3)10-11-5-8(6-12)14-10/h5-7,9H,4H2,1-3H3. The molecule has 0 saturated carbocycles. The number of hydrogen-bond donors (Lipinski definition) is 0. The van der Waals surface area contributed by atoms with Crippen molar-refractivity contribution < 1.29 is 9.53 Å². The zero-order valence-corrected chi connectivity index (χ0v) is 9.50. The van der Waals surface area contributed by atoms with E-state index in [0.717, 1.165) is 11.3 Å². The zero-order chi connectivity index (χ0) is 10.6. The number of rotatable bonds is 5. The molecule has 0 aliphatic heterocycles. The third-order valence-corrected chi connectivity index (χ3v) is 2.84. The molecule has 1 aromatic rings. The molecule has 0 spiro atoms. The molecule has 0 radical (unpaired) electrons. The Morgan fingerprint density at radius 3 is 2.79 bits per heavy atom. The van der Waals surface area contributed by atoms with Crippen molar-refractivity contribution in [3.63, 3.8) is 0 Å². The molecule has 1 atom stereocenters. The third kappa shape index (κ3) is 2.62. The number of ether oxygens (including phenoxy) is 1. The van der Waals surface area contributed by atoms with E-state index in [4.69, 9.17) is 4.74 Å². The van der Waals surface area contributed by atoms with Crippen LogP contribution in [0.1, 0.15) is 41.6 Å². The van der Waals surface area contributed by atoms with Gasteiger partial charge in [0, 0.05) is 12.8 Å². The first-order valence-corrected chi connectivity index (χ1v) is 5.53. The van der Waals surface area contributed by atoms with Crippen LogP contribution in [0.4, 0.5) is 0 Å². The van der Waals surface area contributed by atoms with Crippen molar-refractivity contribution in [1.29, 1.82) is 0 Å². The number of hydrogen-bond acceptors (Lipinski definition) is 4. The summed E-state index contributed by atoms with van der Waals surface area (Å²) in [5.41, 5.74) is 0. The van der Waals surface area contributed by atoms with Crippen molar-refractivity contribution in [1.82, 2.24) is 4.98 Å². The van der Waals surface area contributed by atoms with Crippen LogP contribution in [-0.4, -0.2) is 17.9 Å². The summed E-state index contributed by atoms with van der Waals surface area (Å²) in [5, 5.41) is 0.893. The van der Waals surface area contributed by atoms with Gasteiger partial charge in [-0.25, -0.2) is 4.98 Å². The molecular weight excluding hydrogens is 198 g/mol. The van der Waals surface area contributed by atoms with Crippen molar-refractivity contribution in [2.75, 3.05) is 6.61 Å². The normalized spacial score (nSPS) is 13.1. The zero-order valence-electron chi connectivity index (χ0n) is 8.69. The van der Waals surface area contributed by atoms with Crippen LogP contribution in [0.5, 0.6) is 0 Å². The molecule has 0 aliphatic rings. The van der Waals surface area contributed by atoms with Gasteiger partial charge < -0.3 is 4.74 Å². The maximum Gasteiger partial charge on any atom is 0.161 e. The van der Waals surface area contributed by atoms with Gasteiger partial charge >= 0.3 is 0 Å². The van der Waals surface area contributed by atoms with E-state index in [1.165, 1.54) is 11.3 Å². The summed E-state index contributed by atoms with van der Waals surface area (Å²) in [4.78, 5) is 15.3. The van der Waals surface area contributed by atoms with E-state index in [-0.39, 0.29) is 6.10 Å². The van der Waals surface area contributed by atoms with Gasteiger partial charge in [-0.05, 0) is 12.8 Å². The molecule has 78 valence electrons. The molecular formula is C10H15NO2S. The second-order valence-corrected chi connectivity index (χ2v) is 4.43. The first kappa shape index (κ1) is 11.3. The molecule has 0 aliphatic carbocycles. The van der Waals surface area contributed by atoms with Crippen LogP contribution in [0.25, 0.3) is 0 Å². The van der Waals surface area contributed by atoms with Gasteiger partial charge in [0.1, 0.15) is 11.1 Å². The van der Waals surface area contributed by atoms with Gasteiger partial charge in [-0.15, -0.1) is 11.3 Å². The average molecular weight is 213 g/mol. The first-order valence-electron chi connectivity index (χ1n) is 4.71. The van der Waals surface area contributed by atoms with Crippen molar-refractivity contribution in [3.05, 3.63) is 16.1 Å². The van der Waals surface area contributed by atoms with E-state index in [0.29, 0.717) is 17.4 Å². The lowest BCUT2D eigenvalue weighted by atomic mass is 10.1. The summed E-state index contributed by atoms with van der Waals surface area (Å²) in [6, 6.07) is 0. The minimum atomic E-state index is 0.0127. The molecule has 4 heteroatoms. The summed E-state index contributed by atoms with van der Waals surface area (Å²) in [6.45, 7) is 6.80. The van der Waals surface area contributed by atoms with Crippen LogP contribution in [-0.2, 0) is 4.74 Å². The van der Waals surface area contributed by atoms with Crippen LogP contribution in [0.3, 0.4) is 0 Å². The Balaban J connectivity index is 2.81. The monoisotopic (exact) mass is 213 g/mol. The third-order valence-electron chi connectivity index (χ3n) is 1.85. The molecule has 1 unspecified atom stereocenters. The average Bonchev–Trinajstić information content (AvgIpc) is 2.61. The highest BCUT2D eigenvalue weighted by Gasteiger charge is 2.19. The lowest BCUT2D eigenvalue weighted by Gasteiger charge is -2.17. The Labute approximate surface area is 88.1 Å². The van der Waals surface area contributed by atoms with Crippen LogP contribution in [0.2, 0.25) is 0 Å². The van der Waals surface area contributed by atoms with Gasteiger partial charge in [0.05, 0.1) is 4.88 Å². The molecule has 0 fully saturated rings. The Kier molecular flexibility index (Phi) is 4.22. The summed E-state index contributed by atoms with van der Waals surface area (Å²) >= 11 is 1.41. The Hall–Kier alpha value is -0.740. The molecule has 0 amide bonds. The summed E-state index contributed by atoms with van der Waals surface area (Å²) in [7, 11) is 0. The predicted octanol–water partition coefficient (Wildman–Crippen LogP) is 2.69. The smallest absolute Gasteiger partial charge is 0.161 e. The molecule has 0 bridgehead atoms. The van der Waals surface area contributed by atoms with E-state index in [1.807, 2.05) is 6.92 Å². The minimum Gasteiger partial charge on any atom is -0.371 e. The lowest BCUT2D eigenvalue weighted by molar-refractivity contribution is 0.0293. The number of carbonyl (C=O) groups excluding carboxylic acids is 1. The maximum atomic E-state index is 10.5. The largest absolute Gasteiger partial charge is 0.371 e. The number of nitrogens with zero attached hydrogens (tertiary/aromatic N) is 1. The van der Waals surface area contributed by atoms with E-state index in [2.05, 4.69) is 18.8 Å². The Bertz CT molecular complexity index is 296. The highest BCUT2D eigenvalue weighted by Crippen LogP contribution is 2.28. The van der Waals surface area contributed by atoms with Gasteiger partial charge in [0.15, 0.2) is 6.29 Å².